The average molecular weight is 251 g/mol. The van der Waals surface area contributed by atoms with Crippen LogP contribution in [0.1, 0.15) is 16.8 Å². The normalized spacial score (nSPS) is 19.0. The summed E-state index contributed by atoms with van der Waals surface area (Å²) in [5.41, 5.74) is 6.50. The first-order valence-corrected chi connectivity index (χ1v) is 5.77. The summed E-state index contributed by atoms with van der Waals surface area (Å²) in [7, 11) is 3.03. The molecule has 98 valence electrons. The molecule has 1 aromatic heterocycles. The Balaban J connectivity index is 2.30. The van der Waals surface area contributed by atoms with E-state index in [1.165, 1.54) is 7.11 Å². The summed E-state index contributed by atoms with van der Waals surface area (Å²) >= 11 is 0. The Kier molecular flexibility index (Phi) is 3.66. The van der Waals surface area contributed by atoms with Gasteiger partial charge < -0.3 is 20.1 Å². The molecule has 1 fully saturated rings. The van der Waals surface area contributed by atoms with Crippen LogP contribution in [0.15, 0.2) is 12.3 Å². The number of rotatable bonds is 3. The number of nitrogens with zero attached hydrogens (tertiary/aromatic N) is 2. The molecule has 1 aromatic rings. The van der Waals surface area contributed by atoms with Crippen molar-refractivity contribution in [2.75, 3.05) is 37.9 Å². The number of esters is 1. The number of aromatic nitrogens is 1. The van der Waals surface area contributed by atoms with Gasteiger partial charge in [0.25, 0.3) is 0 Å². The number of hydrogen-bond donors (Lipinski definition) is 1. The fourth-order valence-corrected chi connectivity index (χ4v) is 2.10. The lowest BCUT2D eigenvalue weighted by atomic mass is 10.2. The van der Waals surface area contributed by atoms with Crippen molar-refractivity contribution in [2.45, 2.75) is 12.5 Å². The number of nitrogens with two attached hydrogens (primary N) is 1. The van der Waals surface area contributed by atoms with Crippen LogP contribution < -0.4 is 10.6 Å². The molecule has 2 N–H and O–H groups in total. The van der Waals surface area contributed by atoms with Crippen molar-refractivity contribution in [3.05, 3.63) is 17.8 Å². The molecule has 0 spiro atoms. The van der Waals surface area contributed by atoms with Crippen molar-refractivity contribution in [3.8, 4) is 0 Å². The average Bonchev–Trinajstić information content (AvgIpc) is 2.86. The molecule has 0 aliphatic carbocycles. The van der Waals surface area contributed by atoms with Crippen molar-refractivity contribution in [1.82, 2.24) is 4.98 Å². The maximum Gasteiger partial charge on any atom is 0.341 e. The van der Waals surface area contributed by atoms with Crippen LogP contribution in [0.3, 0.4) is 0 Å². The molecular weight excluding hydrogens is 234 g/mol. The van der Waals surface area contributed by atoms with Gasteiger partial charge in [0, 0.05) is 20.2 Å². The van der Waals surface area contributed by atoms with Crippen LogP contribution >= 0.6 is 0 Å². The fourth-order valence-electron chi connectivity index (χ4n) is 2.10. The standard InChI is InChI=1S/C12H17N3O3/c1-17-9-3-4-15(7-9)11-10(12(16)18-2)5-8(13)6-14-11/h5-6,9H,3-4,7,13H2,1-2H3. The number of carbonyl (C=O) groups excluding carboxylic acids is 1. The molecule has 1 saturated heterocycles. The highest BCUT2D eigenvalue weighted by Crippen LogP contribution is 2.25. The SMILES string of the molecule is COC(=O)c1cc(N)cnc1N1CCC(OC)C1. The van der Waals surface area contributed by atoms with E-state index in [1.807, 2.05) is 4.90 Å². The molecule has 0 aromatic carbocycles. The molecule has 1 aliphatic heterocycles. The van der Waals surface area contributed by atoms with Gasteiger partial charge in [0.15, 0.2) is 0 Å². The summed E-state index contributed by atoms with van der Waals surface area (Å²) in [6.45, 7) is 1.52. The number of carbonyl (C=O) groups is 1. The maximum atomic E-state index is 11.7. The summed E-state index contributed by atoms with van der Waals surface area (Å²) in [6.07, 6.45) is 2.64. The minimum atomic E-state index is -0.425. The van der Waals surface area contributed by atoms with Crippen molar-refractivity contribution in [2.24, 2.45) is 0 Å². The van der Waals surface area contributed by atoms with Gasteiger partial charge in [-0.2, -0.15) is 0 Å². The molecule has 1 unspecified atom stereocenters. The predicted molar refractivity (Wildman–Crippen MR) is 67.6 cm³/mol. The molecule has 2 heterocycles. The first-order chi connectivity index (χ1) is 8.65. The molecule has 0 radical (unpaired) electrons. The Bertz CT molecular complexity index is 450. The monoisotopic (exact) mass is 251 g/mol. The molecule has 0 saturated carbocycles. The number of methoxy groups -OCH3 is 2. The first kappa shape index (κ1) is 12.6. The Hall–Kier alpha value is -1.82. The Labute approximate surface area is 106 Å². The van der Waals surface area contributed by atoms with Crippen molar-refractivity contribution >= 4 is 17.5 Å². The number of anilines is 2. The van der Waals surface area contributed by atoms with E-state index in [4.69, 9.17) is 15.2 Å². The van der Waals surface area contributed by atoms with Crippen LogP contribution in [0.25, 0.3) is 0 Å². The van der Waals surface area contributed by atoms with Crippen molar-refractivity contribution in [3.63, 3.8) is 0 Å². The maximum absolute atomic E-state index is 11.7. The minimum absolute atomic E-state index is 0.176. The first-order valence-electron chi connectivity index (χ1n) is 5.77. The smallest absolute Gasteiger partial charge is 0.341 e. The Morgan fingerprint density at radius 2 is 2.33 bits per heavy atom. The summed E-state index contributed by atoms with van der Waals surface area (Å²) in [5.74, 6) is 0.182. The van der Waals surface area contributed by atoms with Gasteiger partial charge >= 0.3 is 5.97 Å². The van der Waals surface area contributed by atoms with Crippen LogP contribution in [-0.4, -0.2) is 44.4 Å². The largest absolute Gasteiger partial charge is 0.465 e. The zero-order chi connectivity index (χ0) is 13.1. The van der Waals surface area contributed by atoms with E-state index in [2.05, 4.69) is 4.98 Å². The van der Waals surface area contributed by atoms with Gasteiger partial charge in [-0.1, -0.05) is 0 Å². The quantitative estimate of drug-likeness (QED) is 0.796. The van der Waals surface area contributed by atoms with Crippen molar-refractivity contribution in [1.29, 1.82) is 0 Å². The Morgan fingerprint density at radius 1 is 1.56 bits per heavy atom. The topological polar surface area (TPSA) is 77.7 Å². The molecule has 1 atom stereocenters. The molecule has 18 heavy (non-hydrogen) atoms. The van der Waals surface area contributed by atoms with E-state index in [0.717, 1.165) is 19.5 Å². The van der Waals surface area contributed by atoms with E-state index in [0.29, 0.717) is 17.1 Å². The molecule has 0 amide bonds. The van der Waals surface area contributed by atoms with E-state index >= 15 is 0 Å². The van der Waals surface area contributed by atoms with Gasteiger partial charge in [-0.05, 0) is 12.5 Å². The molecule has 6 nitrogen and oxygen atoms in total. The fraction of sp³-hybridized carbons (Fsp3) is 0.500. The van der Waals surface area contributed by atoms with Crippen LogP contribution in [0.5, 0.6) is 0 Å². The lowest BCUT2D eigenvalue weighted by Gasteiger charge is -2.19. The Morgan fingerprint density at radius 3 is 2.94 bits per heavy atom. The summed E-state index contributed by atoms with van der Waals surface area (Å²) in [4.78, 5) is 18.0. The second kappa shape index (κ2) is 5.22. The number of hydrogen-bond acceptors (Lipinski definition) is 6. The van der Waals surface area contributed by atoms with Crippen LogP contribution in [0.4, 0.5) is 11.5 Å². The summed E-state index contributed by atoms with van der Waals surface area (Å²) in [5, 5.41) is 0. The molecule has 1 aliphatic rings. The molecule has 6 heteroatoms. The molecule has 2 rings (SSSR count). The van der Waals surface area contributed by atoms with Gasteiger partial charge in [-0.15, -0.1) is 0 Å². The summed E-state index contributed by atoms with van der Waals surface area (Å²) < 4.78 is 10.1. The predicted octanol–water partition coefficient (Wildman–Crippen LogP) is 0.675. The second-order valence-electron chi connectivity index (χ2n) is 4.22. The van der Waals surface area contributed by atoms with Gasteiger partial charge in [0.2, 0.25) is 0 Å². The third-order valence-corrected chi connectivity index (χ3v) is 3.07. The minimum Gasteiger partial charge on any atom is -0.465 e. The highest BCUT2D eigenvalue weighted by molar-refractivity contribution is 5.95. The van der Waals surface area contributed by atoms with Gasteiger partial charge in [-0.25, -0.2) is 9.78 Å². The van der Waals surface area contributed by atoms with E-state index in [-0.39, 0.29) is 6.10 Å². The van der Waals surface area contributed by atoms with Gasteiger partial charge in [0.05, 0.1) is 25.1 Å². The third-order valence-electron chi connectivity index (χ3n) is 3.07. The number of pyridine rings is 1. The number of ether oxygens (including phenoxy) is 2. The molecular formula is C12H17N3O3. The van der Waals surface area contributed by atoms with Crippen molar-refractivity contribution < 1.29 is 14.3 Å². The summed E-state index contributed by atoms with van der Waals surface area (Å²) in [6, 6.07) is 1.59. The second-order valence-corrected chi connectivity index (χ2v) is 4.22. The highest BCUT2D eigenvalue weighted by atomic mass is 16.5. The third kappa shape index (κ3) is 2.38. The zero-order valence-corrected chi connectivity index (χ0v) is 10.5. The van der Waals surface area contributed by atoms with E-state index < -0.39 is 5.97 Å². The lowest BCUT2D eigenvalue weighted by Crippen LogP contribution is -2.25. The van der Waals surface area contributed by atoms with Gasteiger partial charge in [0.1, 0.15) is 11.4 Å². The van der Waals surface area contributed by atoms with E-state index in [1.54, 1.807) is 19.4 Å². The molecule has 0 bridgehead atoms. The van der Waals surface area contributed by atoms with Crippen LogP contribution in [-0.2, 0) is 9.47 Å². The van der Waals surface area contributed by atoms with Crippen LogP contribution in [0.2, 0.25) is 0 Å². The number of nitrogen functional groups attached to an aromatic ring is 1. The lowest BCUT2D eigenvalue weighted by molar-refractivity contribution is 0.0601. The highest BCUT2D eigenvalue weighted by Gasteiger charge is 2.27. The van der Waals surface area contributed by atoms with Crippen LogP contribution in [0, 0.1) is 0 Å². The zero-order valence-electron chi connectivity index (χ0n) is 10.5. The van der Waals surface area contributed by atoms with Gasteiger partial charge in [-0.3, -0.25) is 0 Å². The van der Waals surface area contributed by atoms with E-state index in [9.17, 15) is 4.79 Å².